The maximum absolute atomic E-state index is 12.2. The molecule has 1 aromatic carbocycles. The standard InChI is InChI=1S/C13H14F2O5/c1-2-19-10(16)7-6-8-4-3-5-9(20-13(14)15)11(8)12(17)18/h3-5,13H,2,6-7H2,1H3,(H,17,18). The minimum Gasteiger partial charge on any atom is -0.478 e. The number of hydrogen-bond donors (Lipinski definition) is 1. The summed E-state index contributed by atoms with van der Waals surface area (Å²) in [6, 6.07) is 3.98. The molecule has 0 saturated carbocycles. The van der Waals surface area contributed by atoms with Gasteiger partial charge in [0.05, 0.1) is 6.61 Å². The molecule has 0 amide bonds. The summed E-state index contributed by atoms with van der Waals surface area (Å²) < 4.78 is 33.3. The Morgan fingerprint density at radius 2 is 2.05 bits per heavy atom. The van der Waals surface area contributed by atoms with Gasteiger partial charge in [-0.15, -0.1) is 0 Å². The lowest BCUT2D eigenvalue weighted by Gasteiger charge is -2.12. The molecule has 0 aromatic heterocycles. The molecule has 0 heterocycles. The predicted octanol–water partition coefficient (Wildman–Crippen LogP) is 2.48. The van der Waals surface area contributed by atoms with Crippen LogP contribution in [0.2, 0.25) is 0 Å². The molecule has 1 rings (SSSR count). The third-order valence-corrected chi connectivity index (χ3v) is 2.45. The van der Waals surface area contributed by atoms with E-state index in [0.717, 1.165) is 6.07 Å². The number of carbonyl (C=O) groups is 2. The van der Waals surface area contributed by atoms with Crippen LogP contribution in [0.5, 0.6) is 5.75 Å². The van der Waals surface area contributed by atoms with E-state index >= 15 is 0 Å². The van der Waals surface area contributed by atoms with Gasteiger partial charge in [-0.25, -0.2) is 4.79 Å². The molecular weight excluding hydrogens is 274 g/mol. The summed E-state index contributed by atoms with van der Waals surface area (Å²) in [6.45, 7) is -1.25. The Morgan fingerprint density at radius 1 is 1.35 bits per heavy atom. The Kier molecular flexibility index (Phi) is 5.89. The summed E-state index contributed by atoms with van der Waals surface area (Å²) in [7, 11) is 0. The van der Waals surface area contributed by atoms with Crippen LogP contribution in [0.4, 0.5) is 8.78 Å². The number of aryl methyl sites for hydroxylation is 1. The first-order valence-electron chi connectivity index (χ1n) is 5.91. The predicted molar refractivity (Wildman–Crippen MR) is 65.0 cm³/mol. The van der Waals surface area contributed by atoms with Crippen LogP contribution in [-0.2, 0) is 16.0 Å². The van der Waals surface area contributed by atoms with Gasteiger partial charge in [0, 0.05) is 6.42 Å². The van der Waals surface area contributed by atoms with E-state index in [2.05, 4.69) is 4.74 Å². The normalized spacial score (nSPS) is 10.4. The fourth-order valence-electron chi connectivity index (χ4n) is 1.69. The lowest BCUT2D eigenvalue weighted by molar-refractivity contribution is -0.143. The summed E-state index contributed by atoms with van der Waals surface area (Å²) in [5, 5.41) is 9.09. The minimum atomic E-state index is -3.12. The summed E-state index contributed by atoms with van der Waals surface area (Å²) in [5.41, 5.74) is -0.124. The van der Waals surface area contributed by atoms with Gasteiger partial charge in [-0.05, 0) is 25.0 Å². The van der Waals surface area contributed by atoms with Gasteiger partial charge in [0.1, 0.15) is 11.3 Å². The van der Waals surface area contributed by atoms with Crippen LogP contribution < -0.4 is 4.74 Å². The molecule has 0 radical (unpaired) electrons. The van der Waals surface area contributed by atoms with E-state index in [1.807, 2.05) is 0 Å². The fraction of sp³-hybridized carbons (Fsp3) is 0.385. The third kappa shape index (κ3) is 4.49. The van der Waals surface area contributed by atoms with Gasteiger partial charge < -0.3 is 14.6 Å². The molecule has 0 aliphatic rings. The van der Waals surface area contributed by atoms with Crippen molar-refractivity contribution in [3.63, 3.8) is 0 Å². The Morgan fingerprint density at radius 3 is 2.60 bits per heavy atom. The molecule has 0 atom stereocenters. The molecular formula is C13H14F2O5. The van der Waals surface area contributed by atoms with Gasteiger partial charge in [0.2, 0.25) is 0 Å². The van der Waals surface area contributed by atoms with E-state index in [1.54, 1.807) is 6.92 Å². The number of benzene rings is 1. The molecule has 20 heavy (non-hydrogen) atoms. The number of rotatable bonds is 7. The van der Waals surface area contributed by atoms with Crippen LogP contribution in [0.1, 0.15) is 29.3 Å². The van der Waals surface area contributed by atoms with E-state index in [9.17, 15) is 18.4 Å². The number of aromatic carboxylic acids is 1. The summed E-state index contributed by atoms with van der Waals surface area (Å²) in [4.78, 5) is 22.4. The van der Waals surface area contributed by atoms with Gasteiger partial charge >= 0.3 is 18.6 Å². The lowest BCUT2D eigenvalue weighted by atomic mass is 10.0. The molecule has 0 unspecified atom stereocenters. The summed E-state index contributed by atoms with van der Waals surface area (Å²) >= 11 is 0. The molecule has 110 valence electrons. The molecule has 7 heteroatoms. The van der Waals surface area contributed by atoms with E-state index in [4.69, 9.17) is 9.84 Å². The maximum Gasteiger partial charge on any atom is 0.387 e. The average Bonchev–Trinajstić information content (AvgIpc) is 2.35. The SMILES string of the molecule is CCOC(=O)CCc1cccc(OC(F)F)c1C(=O)O. The number of carbonyl (C=O) groups excluding carboxylic acids is 1. The van der Waals surface area contributed by atoms with E-state index in [1.165, 1.54) is 12.1 Å². The molecule has 1 N–H and O–H groups in total. The summed E-state index contributed by atoms with van der Waals surface area (Å²) in [6.07, 6.45) is 0.0349. The molecule has 0 aliphatic carbocycles. The van der Waals surface area contributed by atoms with Gasteiger partial charge in [-0.3, -0.25) is 4.79 Å². The van der Waals surface area contributed by atoms with Crippen molar-refractivity contribution in [2.45, 2.75) is 26.4 Å². The second kappa shape index (κ2) is 7.42. The molecule has 1 aromatic rings. The lowest BCUT2D eigenvalue weighted by Crippen LogP contribution is -2.12. The molecule has 5 nitrogen and oxygen atoms in total. The van der Waals surface area contributed by atoms with Gasteiger partial charge in [-0.1, -0.05) is 12.1 Å². The van der Waals surface area contributed by atoms with Crippen LogP contribution in [0.25, 0.3) is 0 Å². The molecule has 0 saturated heterocycles. The third-order valence-electron chi connectivity index (χ3n) is 2.45. The summed E-state index contributed by atoms with van der Waals surface area (Å²) in [5.74, 6) is -2.29. The van der Waals surface area contributed by atoms with Crippen molar-refractivity contribution in [1.29, 1.82) is 0 Å². The number of carboxylic acids is 1. The topological polar surface area (TPSA) is 72.8 Å². The van der Waals surface area contributed by atoms with Crippen molar-refractivity contribution in [3.8, 4) is 5.75 Å². The Labute approximate surface area is 114 Å². The van der Waals surface area contributed by atoms with Crippen LogP contribution in [0, 0.1) is 0 Å². The number of alkyl halides is 2. The largest absolute Gasteiger partial charge is 0.478 e. The van der Waals surface area contributed by atoms with Crippen molar-refractivity contribution in [2.24, 2.45) is 0 Å². The van der Waals surface area contributed by atoms with E-state index in [0.29, 0.717) is 0 Å². The second-order valence-electron chi connectivity index (χ2n) is 3.78. The number of ether oxygens (including phenoxy) is 2. The van der Waals surface area contributed by atoms with Crippen LogP contribution in [0.15, 0.2) is 18.2 Å². The van der Waals surface area contributed by atoms with E-state index < -0.39 is 24.3 Å². The van der Waals surface area contributed by atoms with Crippen LogP contribution >= 0.6 is 0 Å². The first-order chi connectivity index (χ1) is 9.45. The average molecular weight is 288 g/mol. The highest BCUT2D eigenvalue weighted by Crippen LogP contribution is 2.25. The highest BCUT2D eigenvalue weighted by atomic mass is 19.3. The number of carboxylic acid groups (broad SMARTS) is 1. The Balaban J connectivity index is 2.94. The van der Waals surface area contributed by atoms with Crippen molar-refractivity contribution in [3.05, 3.63) is 29.3 Å². The van der Waals surface area contributed by atoms with E-state index in [-0.39, 0.29) is 30.6 Å². The maximum atomic E-state index is 12.2. The van der Waals surface area contributed by atoms with Crippen molar-refractivity contribution >= 4 is 11.9 Å². The molecule has 0 fully saturated rings. The minimum absolute atomic E-state index is 0.0355. The van der Waals surface area contributed by atoms with Gasteiger partial charge in [0.15, 0.2) is 0 Å². The molecule has 0 spiro atoms. The zero-order chi connectivity index (χ0) is 15.1. The Bertz CT molecular complexity index is 488. The van der Waals surface area contributed by atoms with Gasteiger partial charge in [-0.2, -0.15) is 8.78 Å². The highest BCUT2D eigenvalue weighted by molar-refractivity contribution is 5.92. The highest BCUT2D eigenvalue weighted by Gasteiger charge is 2.19. The molecule has 0 aliphatic heterocycles. The number of halogens is 2. The smallest absolute Gasteiger partial charge is 0.387 e. The van der Waals surface area contributed by atoms with Crippen LogP contribution in [-0.4, -0.2) is 30.3 Å². The van der Waals surface area contributed by atoms with Crippen LogP contribution in [0.3, 0.4) is 0 Å². The second-order valence-corrected chi connectivity index (χ2v) is 3.78. The first kappa shape index (κ1) is 15.9. The van der Waals surface area contributed by atoms with Gasteiger partial charge in [0.25, 0.3) is 0 Å². The van der Waals surface area contributed by atoms with Crippen molar-refractivity contribution in [2.75, 3.05) is 6.61 Å². The zero-order valence-electron chi connectivity index (χ0n) is 10.8. The quantitative estimate of drug-likeness (QED) is 0.780. The first-order valence-corrected chi connectivity index (χ1v) is 5.91. The monoisotopic (exact) mass is 288 g/mol. The fourth-order valence-corrected chi connectivity index (χ4v) is 1.69. The zero-order valence-corrected chi connectivity index (χ0v) is 10.8. The Hall–Kier alpha value is -2.18. The molecule has 0 bridgehead atoms. The van der Waals surface area contributed by atoms with Crippen molar-refractivity contribution < 1.29 is 33.0 Å². The number of esters is 1. The van der Waals surface area contributed by atoms with Crippen molar-refractivity contribution in [1.82, 2.24) is 0 Å². The number of hydrogen-bond acceptors (Lipinski definition) is 4.